The molecule has 1 heterocycles. The summed E-state index contributed by atoms with van der Waals surface area (Å²) in [7, 11) is -4.23. The summed E-state index contributed by atoms with van der Waals surface area (Å²) in [4.78, 5) is 21.8. The van der Waals surface area contributed by atoms with Crippen LogP contribution in [0.15, 0.2) is 58.3 Å². The smallest absolute Gasteiger partial charge is 0.339 e. The highest BCUT2D eigenvalue weighted by Crippen LogP contribution is 2.27. The third-order valence-electron chi connectivity index (χ3n) is 3.34. The second kappa shape index (κ2) is 7.47. The van der Waals surface area contributed by atoms with Crippen molar-refractivity contribution < 1.29 is 22.3 Å². The molecule has 1 amide bonds. The lowest BCUT2D eigenvalue weighted by Gasteiger charge is -2.07. The van der Waals surface area contributed by atoms with Crippen LogP contribution in [0.5, 0.6) is 5.75 Å². The maximum atomic E-state index is 12.3. The minimum absolute atomic E-state index is 0.0303. The zero-order valence-electron chi connectivity index (χ0n) is 13.3. The molecule has 1 aliphatic heterocycles. The normalized spacial score (nSPS) is 15.6. The van der Waals surface area contributed by atoms with Crippen LogP contribution in [0.25, 0.3) is 6.08 Å². The molecular formula is C16H10N2O6S3. The third kappa shape index (κ3) is 4.51. The molecule has 2 aromatic rings. The Morgan fingerprint density at radius 2 is 1.89 bits per heavy atom. The van der Waals surface area contributed by atoms with Crippen LogP contribution in [0.3, 0.4) is 0 Å². The number of rotatable bonds is 5. The Morgan fingerprint density at radius 3 is 2.48 bits per heavy atom. The molecule has 3 rings (SSSR count). The Kier molecular flexibility index (Phi) is 5.26. The van der Waals surface area contributed by atoms with Gasteiger partial charge >= 0.3 is 10.1 Å². The number of nitro benzene ring substituents is 1. The van der Waals surface area contributed by atoms with Crippen LogP contribution in [-0.4, -0.2) is 23.6 Å². The number of amides is 1. The summed E-state index contributed by atoms with van der Waals surface area (Å²) in [6, 6.07) is 10.5. The largest absolute Gasteiger partial charge is 0.379 e. The van der Waals surface area contributed by atoms with E-state index in [1.165, 1.54) is 30.3 Å². The van der Waals surface area contributed by atoms with Gasteiger partial charge in [-0.2, -0.15) is 8.42 Å². The van der Waals surface area contributed by atoms with Gasteiger partial charge in [0.25, 0.3) is 11.6 Å². The lowest BCUT2D eigenvalue weighted by atomic mass is 10.2. The zero-order chi connectivity index (χ0) is 19.6. The Labute approximate surface area is 163 Å². The van der Waals surface area contributed by atoms with Crippen molar-refractivity contribution in [2.45, 2.75) is 4.90 Å². The minimum Gasteiger partial charge on any atom is -0.379 e. The molecule has 2 aromatic carbocycles. The highest BCUT2D eigenvalue weighted by molar-refractivity contribution is 8.26. The quantitative estimate of drug-likeness (QED) is 0.257. The lowest BCUT2D eigenvalue weighted by molar-refractivity contribution is -0.385. The van der Waals surface area contributed by atoms with Crippen molar-refractivity contribution in [1.29, 1.82) is 0 Å². The first-order chi connectivity index (χ1) is 12.7. The molecule has 0 aliphatic carbocycles. The summed E-state index contributed by atoms with van der Waals surface area (Å²) >= 11 is 6.04. The zero-order valence-corrected chi connectivity index (χ0v) is 15.8. The second-order valence-electron chi connectivity index (χ2n) is 5.21. The van der Waals surface area contributed by atoms with Crippen molar-refractivity contribution in [3.05, 3.63) is 69.1 Å². The summed E-state index contributed by atoms with van der Waals surface area (Å²) in [6.45, 7) is 0. The molecule has 0 aromatic heterocycles. The number of carbonyl (C=O) groups excluding carboxylic acids is 1. The molecular weight excluding hydrogens is 412 g/mol. The average molecular weight is 422 g/mol. The van der Waals surface area contributed by atoms with Gasteiger partial charge in [0.1, 0.15) is 15.0 Å². The van der Waals surface area contributed by atoms with Crippen molar-refractivity contribution in [3.63, 3.8) is 0 Å². The summed E-state index contributed by atoms with van der Waals surface area (Å²) in [5, 5.41) is 13.3. The third-order valence-corrected chi connectivity index (χ3v) is 5.75. The van der Waals surface area contributed by atoms with Crippen molar-refractivity contribution >= 4 is 56.1 Å². The monoisotopic (exact) mass is 422 g/mol. The fourth-order valence-electron chi connectivity index (χ4n) is 2.12. The average Bonchev–Trinajstić information content (AvgIpc) is 2.93. The van der Waals surface area contributed by atoms with Gasteiger partial charge in [0, 0.05) is 12.1 Å². The number of hydrogen-bond donors (Lipinski definition) is 1. The van der Waals surface area contributed by atoms with Crippen LogP contribution in [0.2, 0.25) is 0 Å². The van der Waals surface area contributed by atoms with Crippen molar-refractivity contribution in [2.24, 2.45) is 0 Å². The number of thiocarbonyl (C=S) groups is 1. The van der Waals surface area contributed by atoms with Gasteiger partial charge in [-0.3, -0.25) is 14.9 Å². The van der Waals surface area contributed by atoms with E-state index < -0.39 is 15.0 Å². The minimum atomic E-state index is -4.23. The van der Waals surface area contributed by atoms with Gasteiger partial charge in [-0.15, -0.1) is 0 Å². The standard InChI is InChI=1S/C16H10N2O6S3/c19-15-14(26-16(25)17-15)8-10-4-6-12(7-5-10)24-27(22,23)13-3-1-2-11(9-13)18(20)21/h1-9H,(H,17,19,25)/b14-8-. The Morgan fingerprint density at radius 1 is 1.19 bits per heavy atom. The molecule has 0 unspecified atom stereocenters. The maximum Gasteiger partial charge on any atom is 0.339 e. The van der Waals surface area contributed by atoms with Crippen molar-refractivity contribution in [3.8, 4) is 5.75 Å². The van der Waals surface area contributed by atoms with Gasteiger partial charge in [0.15, 0.2) is 0 Å². The molecule has 1 saturated heterocycles. The lowest BCUT2D eigenvalue weighted by Crippen LogP contribution is -2.17. The summed E-state index contributed by atoms with van der Waals surface area (Å²) in [5.74, 6) is -0.263. The molecule has 11 heteroatoms. The number of carbonyl (C=O) groups is 1. The van der Waals surface area contributed by atoms with Crippen LogP contribution in [-0.2, 0) is 14.9 Å². The highest BCUT2D eigenvalue weighted by Gasteiger charge is 2.22. The first-order valence-corrected chi connectivity index (χ1v) is 9.92. The molecule has 0 bridgehead atoms. The van der Waals surface area contributed by atoms with Crippen molar-refractivity contribution in [1.82, 2.24) is 5.32 Å². The predicted molar refractivity (Wildman–Crippen MR) is 104 cm³/mol. The topological polar surface area (TPSA) is 116 Å². The van der Waals surface area contributed by atoms with E-state index in [1.54, 1.807) is 18.2 Å². The van der Waals surface area contributed by atoms with Gasteiger partial charge < -0.3 is 9.50 Å². The Bertz CT molecular complexity index is 1080. The molecule has 1 N–H and O–H groups in total. The van der Waals surface area contributed by atoms with Crippen LogP contribution in [0.1, 0.15) is 5.56 Å². The summed E-state index contributed by atoms with van der Waals surface area (Å²) in [6.07, 6.45) is 1.61. The Balaban J connectivity index is 1.79. The maximum absolute atomic E-state index is 12.3. The van der Waals surface area contributed by atoms with Gasteiger partial charge in [0.05, 0.1) is 9.83 Å². The van der Waals surface area contributed by atoms with Crippen LogP contribution in [0.4, 0.5) is 5.69 Å². The number of hydrogen-bond acceptors (Lipinski definition) is 8. The summed E-state index contributed by atoms with van der Waals surface area (Å²) in [5.41, 5.74) is 0.296. The van der Waals surface area contributed by atoms with E-state index in [0.717, 1.165) is 17.8 Å². The molecule has 0 saturated carbocycles. The molecule has 0 atom stereocenters. The first-order valence-electron chi connectivity index (χ1n) is 7.28. The van der Waals surface area contributed by atoms with Crippen LogP contribution in [0, 0.1) is 10.1 Å². The van der Waals surface area contributed by atoms with Crippen LogP contribution < -0.4 is 9.50 Å². The van der Waals surface area contributed by atoms with E-state index >= 15 is 0 Å². The fraction of sp³-hybridized carbons (Fsp3) is 0. The van der Waals surface area contributed by atoms with E-state index in [4.69, 9.17) is 16.4 Å². The number of benzene rings is 2. The molecule has 1 aliphatic rings. The number of nitro groups is 1. The highest BCUT2D eigenvalue weighted by atomic mass is 32.2. The first kappa shape index (κ1) is 19.0. The number of thioether (sulfide) groups is 1. The molecule has 138 valence electrons. The van der Waals surface area contributed by atoms with Gasteiger partial charge in [-0.1, -0.05) is 42.2 Å². The van der Waals surface area contributed by atoms with E-state index in [1.807, 2.05) is 0 Å². The van der Waals surface area contributed by atoms with E-state index in [0.29, 0.717) is 14.8 Å². The molecule has 27 heavy (non-hydrogen) atoms. The Hall–Kier alpha value is -2.76. The SMILES string of the molecule is O=C1NC(=S)S/C1=C\c1ccc(OS(=O)(=O)c2cccc([N+](=O)[O-])c2)cc1. The number of nitrogens with zero attached hydrogens (tertiary/aromatic N) is 1. The molecule has 0 spiro atoms. The molecule has 1 fully saturated rings. The van der Waals surface area contributed by atoms with E-state index in [-0.39, 0.29) is 22.2 Å². The van der Waals surface area contributed by atoms with E-state index in [2.05, 4.69) is 5.32 Å². The molecule has 8 nitrogen and oxygen atoms in total. The fourth-order valence-corrected chi connectivity index (χ4v) is 4.13. The van der Waals surface area contributed by atoms with Gasteiger partial charge in [-0.25, -0.2) is 0 Å². The number of nitrogens with one attached hydrogen (secondary N) is 1. The summed E-state index contributed by atoms with van der Waals surface area (Å²) < 4.78 is 30.0. The van der Waals surface area contributed by atoms with Crippen LogP contribution >= 0.6 is 24.0 Å². The van der Waals surface area contributed by atoms with Gasteiger partial charge in [0.2, 0.25) is 0 Å². The second-order valence-corrected chi connectivity index (χ2v) is 8.48. The van der Waals surface area contributed by atoms with Gasteiger partial charge in [-0.05, 0) is 29.8 Å². The molecule has 0 radical (unpaired) electrons. The van der Waals surface area contributed by atoms with Crippen molar-refractivity contribution in [2.75, 3.05) is 0 Å². The predicted octanol–water partition coefficient (Wildman–Crippen LogP) is 2.85. The van der Waals surface area contributed by atoms with E-state index in [9.17, 15) is 23.3 Å². The number of non-ortho nitro benzene ring substituents is 1.